The fourth-order valence-electron chi connectivity index (χ4n) is 2.98. The Hall–Kier alpha value is -2.84. The van der Waals surface area contributed by atoms with Crippen molar-refractivity contribution in [1.29, 1.82) is 0 Å². The van der Waals surface area contributed by atoms with E-state index in [2.05, 4.69) is 0 Å². The first-order chi connectivity index (χ1) is 15.0. The quantitative estimate of drug-likeness (QED) is 0.324. The molecule has 0 aromatic heterocycles. The number of carbonyl (C=O) groups is 2. The van der Waals surface area contributed by atoms with E-state index in [0.717, 1.165) is 17.5 Å². The first-order valence-corrected chi connectivity index (χ1v) is 10.9. The van der Waals surface area contributed by atoms with Crippen molar-refractivity contribution in [3.8, 4) is 11.5 Å². The highest BCUT2D eigenvalue weighted by Gasteiger charge is 2.31. The molecule has 1 aliphatic heterocycles. The number of nitrogens with zero attached hydrogens (tertiary/aromatic N) is 1. The fraction of sp³-hybridized carbons (Fsp3) is 0.261. The summed E-state index contributed by atoms with van der Waals surface area (Å²) >= 11 is 6.62. The summed E-state index contributed by atoms with van der Waals surface area (Å²) in [5, 5.41) is 0. The second-order valence-corrected chi connectivity index (χ2v) is 8.40. The average molecular weight is 458 g/mol. The molecular formula is C23H23NO5S2. The molecule has 162 valence electrons. The van der Waals surface area contributed by atoms with Gasteiger partial charge in [0.15, 0.2) is 11.5 Å². The van der Waals surface area contributed by atoms with Gasteiger partial charge in [-0.3, -0.25) is 9.69 Å². The van der Waals surface area contributed by atoms with E-state index in [1.165, 1.54) is 18.9 Å². The van der Waals surface area contributed by atoms with E-state index < -0.39 is 0 Å². The van der Waals surface area contributed by atoms with Crippen LogP contribution in [0.15, 0.2) is 47.4 Å². The van der Waals surface area contributed by atoms with Crippen LogP contribution in [0.25, 0.3) is 6.08 Å². The van der Waals surface area contributed by atoms with Gasteiger partial charge in [0.25, 0.3) is 5.91 Å². The smallest absolute Gasteiger partial charge is 0.337 e. The van der Waals surface area contributed by atoms with Crippen LogP contribution in [0.1, 0.15) is 34.8 Å². The molecule has 8 heteroatoms. The van der Waals surface area contributed by atoms with Crippen molar-refractivity contribution in [1.82, 2.24) is 4.90 Å². The zero-order valence-corrected chi connectivity index (χ0v) is 19.2. The van der Waals surface area contributed by atoms with Gasteiger partial charge < -0.3 is 14.2 Å². The molecule has 0 N–H and O–H groups in total. The lowest BCUT2D eigenvalue weighted by Gasteiger charge is -2.12. The molecule has 0 bridgehead atoms. The van der Waals surface area contributed by atoms with Crippen molar-refractivity contribution >= 4 is 46.3 Å². The SMILES string of the molecule is CCCN1C(=O)/C(=C\c2ccc(OCc3ccc(C(=O)OC)cc3)c(OC)c2)SC1=S. The third-order valence-electron chi connectivity index (χ3n) is 4.58. The normalized spacial score (nSPS) is 14.8. The summed E-state index contributed by atoms with van der Waals surface area (Å²) in [6.45, 7) is 2.95. The molecule has 1 saturated heterocycles. The number of thioether (sulfide) groups is 1. The zero-order valence-electron chi connectivity index (χ0n) is 17.5. The minimum atomic E-state index is -0.378. The van der Waals surface area contributed by atoms with Gasteiger partial charge in [-0.15, -0.1) is 0 Å². The van der Waals surface area contributed by atoms with Crippen LogP contribution in [-0.2, 0) is 16.1 Å². The zero-order chi connectivity index (χ0) is 22.4. The highest BCUT2D eigenvalue weighted by atomic mass is 32.2. The van der Waals surface area contributed by atoms with Crippen LogP contribution in [-0.4, -0.2) is 41.9 Å². The Morgan fingerprint density at radius 3 is 2.52 bits per heavy atom. The van der Waals surface area contributed by atoms with Crippen molar-refractivity contribution in [2.24, 2.45) is 0 Å². The third-order valence-corrected chi connectivity index (χ3v) is 5.95. The van der Waals surface area contributed by atoms with Crippen LogP contribution in [0, 0.1) is 0 Å². The van der Waals surface area contributed by atoms with Gasteiger partial charge in [-0.2, -0.15) is 0 Å². The van der Waals surface area contributed by atoms with Gasteiger partial charge in [0.05, 0.1) is 24.7 Å². The van der Waals surface area contributed by atoms with Crippen molar-refractivity contribution in [3.63, 3.8) is 0 Å². The molecule has 3 rings (SSSR count). The lowest BCUT2D eigenvalue weighted by molar-refractivity contribution is -0.122. The number of methoxy groups -OCH3 is 2. The summed E-state index contributed by atoms with van der Waals surface area (Å²) in [5.74, 6) is 0.696. The molecule has 0 atom stereocenters. The van der Waals surface area contributed by atoms with Gasteiger partial charge in [0, 0.05) is 6.54 Å². The molecule has 31 heavy (non-hydrogen) atoms. The topological polar surface area (TPSA) is 65.1 Å². The van der Waals surface area contributed by atoms with Gasteiger partial charge in [-0.05, 0) is 47.9 Å². The molecule has 0 aliphatic carbocycles. The van der Waals surface area contributed by atoms with Crippen LogP contribution in [0.3, 0.4) is 0 Å². The van der Waals surface area contributed by atoms with E-state index >= 15 is 0 Å². The largest absolute Gasteiger partial charge is 0.493 e. The lowest BCUT2D eigenvalue weighted by Crippen LogP contribution is -2.28. The minimum Gasteiger partial charge on any atom is -0.493 e. The molecule has 2 aromatic carbocycles. The first kappa shape index (κ1) is 22.8. The van der Waals surface area contributed by atoms with Gasteiger partial charge >= 0.3 is 5.97 Å². The molecule has 6 nitrogen and oxygen atoms in total. The van der Waals surface area contributed by atoms with Crippen LogP contribution < -0.4 is 9.47 Å². The van der Waals surface area contributed by atoms with Crippen molar-refractivity contribution < 1.29 is 23.8 Å². The molecule has 1 aliphatic rings. The summed E-state index contributed by atoms with van der Waals surface area (Å²) in [5.41, 5.74) is 2.21. The monoisotopic (exact) mass is 457 g/mol. The Bertz CT molecular complexity index is 1020. The summed E-state index contributed by atoms with van der Waals surface area (Å²) in [6, 6.07) is 12.5. The van der Waals surface area contributed by atoms with E-state index in [0.29, 0.717) is 39.4 Å². The second-order valence-electron chi connectivity index (χ2n) is 6.72. The van der Waals surface area contributed by atoms with Crippen molar-refractivity contribution in [2.75, 3.05) is 20.8 Å². The predicted octanol–water partition coefficient (Wildman–Crippen LogP) is 4.67. The molecular weight excluding hydrogens is 434 g/mol. The number of hydrogen-bond donors (Lipinski definition) is 0. The predicted molar refractivity (Wildman–Crippen MR) is 125 cm³/mol. The van der Waals surface area contributed by atoms with E-state index in [1.807, 2.05) is 37.3 Å². The highest BCUT2D eigenvalue weighted by molar-refractivity contribution is 8.26. The van der Waals surface area contributed by atoms with Crippen LogP contribution >= 0.6 is 24.0 Å². The fourth-order valence-corrected chi connectivity index (χ4v) is 4.29. The molecule has 1 fully saturated rings. The Morgan fingerprint density at radius 1 is 1.13 bits per heavy atom. The number of hydrogen-bond acceptors (Lipinski definition) is 7. The van der Waals surface area contributed by atoms with Gasteiger partial charge in [-0.1, -0.05) is 49.1 Å². The lowest BCUT2D eigenvalue weighted by atomic mass is 10.1. The summed E-state index contributed by atoms with van der Waals surface area (Å²) in [6.07, 6.45) is 2.66. The van der Waals surface area contributed by atoms with Crippen molar-refractivity contribution in [2.45, 2.75) is 20.0 Å². The van der Waals surface area contributed by atoms with Crippen LogP contribution in [0.4, 0.5) is 0 Å². The number of thiocarbonyl (C=S) groups is 1. The maximum absolute atomic E-state index is 12.5. The molecule has 1 amide bonds. The van der Waals surface area contributed by atoms with Crippen LogP contribution in [0.2, 0.25) is 0 Å². The molecule has 1 heterocycles. The number of amides is 1. The Balaban J connectivity index is 1.71. The molecule has 0 unspecified atom stereocenters. The van der Waals surface area contributed by atoms with Crippen molar-refractivity contribution in [3.05, 3.63) is 64.1 Å². The Labute approximate surface area is 191 Å². The van der Waals surface area contributed by atoms with Gasteiger partial charge in [0.1, 0.15) is 10.9 Å². The highest BCUT2D eigenvalue weighted by Crippen LogP contribution is 2.35. The van der Waals surface area contributed by atoms with Gasteiger partial charge in [0.2, 0.25) is 0 Å². The molecule has 2 aromatic rings. The standard InChI is InChI=1S/C23H23NO5S2/c1-4-11-24-21(25)20(31-23(24)30)13-16-7-10-18(19(12-16)27-2)29-14-15-5-8-17(9-6-15)22(26)28-3/h5-10,12-13H,4,11,14H2,1-3H3/b20-13+. The average Bonchev–Trinajstić information content (AvgIpc) is 3.05. The first-order valence-electron chi connectivity index (χ1n) is 9.70. The molecule has 0 saturated carbocycles. The number of rotatable bonds is 8. The Kier molecular flexibility index (Phi) is 7.70. The van der Waals surface area contributed by atoms with E-state index in [4.69, 9.17) is 26.4 Å². The number of benzene rings is 2. The summed E-state index contributed by atoms with van der Waals surface area (Å²) < 4.78 is 16.6. The van der Waals surface area contributed by atoms with E-state index in [-0.39, 0.29) is 11.9 Å². The van der Waals surface area contributed by atoms with E-state index in [1.54, 1.807) is 30.2 Å². The maximum atomic E-state index is 12.5. The number of carbonyl (C=O) groups excluding carboxylic acids is 2. The number of ether oxygens (including phenoxy) is 3. The molecule has 0 spiro atoms. The van der Waals surface area contributed by atoms with E-state index in [9.17, 15) is 9.59 Å². The summed E-state index contributed by atoms with van der Waals surface area (Å²) in [4.78, 5) is 26.3. The number of esters is 1. The second kappa shape index (κ2) is 10.5. The minimum absolute atomic E-state index is 0.0634. The molecule has 0 radical (unpaired) electrons. The maximum Gasteiger partial charge on any atom is 0.337 e. The third kappa shape index (κ3) is 5.45. The summed E-state index contributed by atoms with van der Waals surface area (Å²) in [7, 11) is 2.92. The van der Waals surface area contributed by atoms with Crippen LogP contribution in [0.5, 0.6) is 11.5 Å². The van der Waals surface area contributed by atoms with Gasteiger partial charge in [-0.25, -0.2) is 4.79 Å². The Morgan fingerprint density at radius 2 is 1.87 bits per heavy atom.